The summed E-state index contributed by atoms with van der Waals surface area (Å²) in [7, 11) is 0. The largest absolute Gasteiger partial charge is 0.479 e. The van der Waals surface area contributed by atoms with E-state index in [1.165, 1.54) is 0 Å². The number of rotatable bonds is 5. The molecule has 0 spiro atoms. The number of nitrogens with one attached hydrogen (secondary N) is 1. The zero-order chi connectivity index (χ0) is 18.8. The molecule has 0 radical (unpaired) electrons. The molecule has 0 aliphatic carbocycles. The Labute approximate surface area is 146 Å². The summed E-state index contributed by atoms with van der Waals surface area (Å²) in [5.74, 6) is -2.24. The topological polar surface area (TPSA) is 107 Å². The van der Waals surface area contributed by atoms with Crippen LogP contribution in [0.15, 0.2) is 18.2 Å². The summed E-state index contributed by atoms with van der Waals surface area (Å²) in [5, 5.41) is 21.0. The van der Waals surface area contributed by atoms with Crippen molar-refractivity contribution in [3.05, 3.63) is 29.3 Å². The maximum absolute atomic E-state index is 12.3. The minimum absolute atomic E-state index is 0.0372. The van der Waals surface area contributed by atoms with E-state index in [2.05, 4.69) is 5.32 Å². The number of aliphatic carboxylic acids is 1. The lowest BCUT2D eigenvalue weighted by molar-refractivity contribution is -0.156. The van der Waals surface area contributed by atoms with Crippen molar-refractivity contribution in [1.29, 1.82) is 0 Å². The van der Waals surface area contributed by atoms with Crippen molar-refractivity contribution < 1.29 is 24.6 Å². The number of carbonyl (C=O) groups excluding carboxylic acids is 2. The normalized spacial score (nSPS) is 20.1. The molecule has 25 heavy (non-hydrogen) atoms. The monoisotopic (exact) mass is 348 g/mol. The molecule has 2 unspecified atom stereocenters. The van der Waals surface area contributed by atoms with Gasteiger partial charge in [0.15, 0.2) is 5.60 Å². The van der Waals surface area contributed by atoms with Crippen LogP contribution in [0.25, 0.3) is 0 Å². The Morgan fingerprint density at radius 2 is 2.00 bits per heavy atom. The SMILES string of the molecule is Cc1ccc(N2CC(C(=O)NCC(C)(O)C(=O)O)CCC2=O)cc1C. The van der Waals surface area contributed by atoms with Crippen molar-refractivity contribution in [3.63, 3.8) is 0 Å². The van der Waals surface area contributed by atoms with Gasteiger partial charge in [-0.1, -0.05) is 6.07 Å². The summed E-state index contributed by atoms with van der Waals surface area (Å²) in [4.78, 5) is 37.0. The van der Waals surface area contributed by atoms with Crippen LogP contribution in [0.2, 0.25) is 0 Å². The number of nitrogens with zero attached hydrogens (tertiary/aromatic N) is 1. The van der Waals surface area contributed by atoms with Gasteiger partial charge >= 0.3 is 5.97 Å². The average molecular weight is 348 g/mol. The number of carboxylic acids is 1. The summed E-state index contributed by atoms with van der Waals surface area (Å²) >= 11 is 0. The number of aryl methyl sites for hydroxylation is 2. The van der Waals surface area contributed by atoms with Crippen molar-refractivity contribution in [2.45, 2.75) is 39.2 Å². The minimum atomic E-state index is -2.02. The first kappa shape index (κ1) is 18.9. The molecule has 136 valence electrons. The van der Waals surface area contributed by atoms with Crippen molar-refractivity contribution >= 4 is 23.5 Å². The van der Waals surface area contributed by atoms with E-state index in [-0.39, 0.29) is 31.3 Å². The van der Waals surface area contributed by atoms with Gasteiger partial charge in [0.2, 0.25) is 11.8 Å². The number of anilines is 1. The first-order chi connectivity index (χ1) is 11.6. The third kappa shape index (κ3) is 4.36. The van der Waals surface area contributed by atoms with E-state index in [0.29, 0.717) is 6.42 Å². The number of carboxylic acid groups (broad SMARTS) is 1. The average Bonchev–Trinajstić information content (AvgIpc) is 2.55. The summed E-state index contributed by atoms with van der Waals surface area (Å²) in [6.07, 6.45) is 0.654. The molecule has 1 aliphatic rings. The van der Waals surface area contributed by atoms with Crippen LogP contribution in [0.3, 0.4) is 0 Å². The van der Waals surface area contributed by atoms with Gasteiger partial charge in [-0.15, -0.1) is 0 Å². The number of aliphatic hydroxyl groups is 1. The van der Waals surface area contributed by atoms with Gasteiger partial charge < -0.3 is 20.4 Å². The van der Waals surface area contributed by atoms with E-state index in [1.54, 1.807) is 4.90 Å². The van der Waals surface area contributed by atoms with E-state index < -0.39 is 17.5 Å². The molecule has 0 aromatic heterocycles. The Balaban J connectivity index is 2.06. The van der Waals surface area contributed by atoms with Gasteiger partial charge in [0.25, 0.3) is 0 Å². The second kappa shape index (κ2) is 7.23. The quantitative estimate of drug-likeness (QED) is 0.736. The number of amides is 2. The number of carbonyl (C=O) groups is 3. The van der Waals surface area contributed by atoms with Gasteiger partial charge in [-0.25, -0.2) is 4.79 Å². The van der Waals surface area contributed by atoms with Gasteiger partial charge in [-0.3, -0.25) is 9.59 Å². The highest BCUT2D eigenvalue weighted by molar-refractivity contribution is 5.96. The smallest absolute Gasteiger partial charge is 0.337 e. The first-order valence-electron chi connectivity index (χ1n) is 8.23. The molecule has 0 saturated carbocycles. The maximum atomic E-state index is 12.3. The lowest BCUT2D eigenvalue weighted by Gasteiger charge is -2.32. The van der Waals surface area contributed by atoms with Crippen LogP contribution in [0, 0.1) is 19.8 Å². The van der Waals surface area contributed by atoms with Crippen molar-refractivity contribution in [1.82, 2.24) is 5.32 Å². The summed E-state index contributed by atoms with van der Waals surface area (Å²) in [6.45, 7) is 4.94. The second-order valence-electron chi connectivity index (χ2n) is 6.81. The molecule has 3 N–H and O–H groups in total. The number of benzene rings is 1. The minimum Gasteiger partial charge on any atom is -0.479 e. The van der Waals surface area contributed by atoms with Crippen molar-refractivity contribution in [3.8, 4) is 0 Å². The van der Waals surface area contributed by atoms with E-state index in [4.69, 9.17) is 5.11 Å². The fourth-order valence-electron chi connectivity index (χ4n) is 2.68. The molecule has 7 nitrogen and oxygen atoms in total. The molecular formula is C18H24N2O5. The molecule has 1 heterocycles. The van der Waals surface area contributed by atoms with E-state index in [0.717, 1.165) is 23.7 Å². The van der Waals surface area contributed by atoms with Crippen LogP contribution >= 0.6 is 0 Å². The van der Waals surface area contributed by atoms with Gasteiger partial charge in [0.1, 0.15) is 0 Å². The standard InChI is InChI=1S/C18H24N2O5/c1-11-4-6-14(8-12(11)2)20-9-13(5-7-15(20)21)16(22)19-10-18(3,25)17(23)24/h4,6,8,13,25H,5,7,9-10H2,1-3H3,(H,19,22)(H,23,24). The highest BCUT2D eigenvalue weighted by atomic mass is 16.4. The van der Waals surface area contributed by atoms with Crippen LogP contribution < -0.4 is 10.2 Å². The Morgan fingerprint density at radius 1 is 1.32 bits per heavy atom. The third-order valence-electron chi connectivity index (χ3n) is 4.65. The molecule has 1 aromatic rings. The molecule has 2 amide bonds. The molecule has 2 rings (SSSR count). The van der Waals surface area contributed by atoms with Crippen LogP contribution in [0.4, 0.5) is 5.69 Å². The summed E-state index contributed by atoms with van der Waals surface area (Å²) < 4.78 is 0. The lowest BCUT2D eigenvalue weighted by atomic mass is 9.95. The fraction of sp³-hybridized carbons (Fsp3) is 0.500. The molecule has 1 fully saturated rings. The zero-order valence-corrected chi connectivity index (χ0v) is 14.7. The third-order valence-corrected chi connectivity index (χ3v) is 4.65. The summed E-state index contributed by atoms with van der Waals surface area (Å²) in [6, 6.07) is 5.71. The first-order valence-corrected chi connectivity index (χ1v) is 8.23. The number of piperidine rings is 1. The molecule has 2 atom stereocenters. The highest BCUT2D eigenvalue weighted by Crippen LogP contribution is 2.26. The Bertz CT molecular complexity index is 699. The fourth-order valence-corrected chi connectivity index (χ4v) is 2.68. The Kier molecular flexibility index (Phi) is 5.47. The van der Waals surface area contributed by atoms with E-state index in [1.807, 2.05) is 32.0 Å². The zero-order valence-electron chi connectivity index (χ0n) is 14.7. The predicted octanol–water partition coefficient (Wildman–Crippen LogP) is 0.998. The Morgan fingerprint density at radius 3 is 2.60 bits per heavy atom. The van der Waals surface area contributed by atoms with Gasteiger partial charge in [0.05, 0.1) is 12.5 Å². The molecule has 1 saturated heterocycles. The van der Waals surface area contributed by atoms with Crippen LogP contribution in [0.5, 0.6) is 0 Å². The van der Waals surface area contributed by atoms with Crippen molar-refractivity contribution in [2.24, 2.45) is 5.92 Å². The maximum Gasteiger partial charge on any atom is 0.337 e. The predicted molar refractivity (Wildman–Crippen MR) is 92.3 cm³/mol. The summed E-state index contributed by atoms with van der Waals surface area (Å²) in [5.41, 5.74) is 0.921. The van der Waals surface area contributed by atoms with Gasteiger partial charge in [-0.2, -0.15) is 0 Å². The lowest BCUT2D eigenvalue weighted by Crippen LogP contribution is -2.51. The molecule has 0 bridgehead atoms. The van der Waals surface area contributed by atoms with Gasteiger partial charge in [0, 0.05) is 18.7 Å². The van der Waals surface area contributed by atoms with Gasteiger partial charge in [-0.05, 0) is 50.5 Å². The Hall–Kier alpha value is -2.41. The molecule has 1 aliphatic heterocycles. The van der Waals surface area contributed by atoms with E-state index in [9.17, 15) is 19.5 Å². The van der Waals surface area contributed by atoms with Crippen LogP contribution in [0.1, 0.15) is 30.9 Å². The van der Waals surface area contributed by atoms with E-state index >= 15 is 0 Å². The van der Waals surface area contributed by atoms with Crippen LogP contribution in [-0.2, 0) is 14.4 Å². The molecular weight excluding hydrogens is 324 g/mol. The number of hydrogen-bond donors (Lipinski definition) is 3. The van der Waals surface area contributed by atoms with Crippen molar-refractivity contribution in [2.75, 3.05) is 18.0 Å². The van der Waals surface area contributed by atoms with Crippen LogP contribution in [-0.4, -0.2) is 46.7 Å². The molecule has 1 aromatic carbocycles. The second-order valence-corrected chi connectivity index (χ2v) is 6.81. The highest BCUT2D eigenvalue weighted by Gasteiger charge is 2.34. The number of hydrogen-bond acceptors (Lipinski definition) is 4. The molecule has 7 heteroatoms.